The first kappa shape index (κ1) is 22.4. The minimum Gasteiger partial charge on any atom is -0.358 e. The van der Waals surface area contributed by atoms with Gasteiger partial charge in [-0.2, -0.15) is 5.26 Å². The standard InChI is InChI=1S/C24H26N2O6/c1-16(27)26-20-22(28-13-12-25)21-19(15-30-23(32-21)18-10-6-3-7-11-18)31-24(20)29-14-17-8-4-2-5-9-17/h2-11,19-24H,13-15H2,1H3,(H,26,27)/t19-,20+,21-,22-,23-,24-/m1/s1. The van der Waals surface area contributed by atoms with Crippen LogP contribution in [0.25, 0.3) is 0 Å². The third-order valence-corrected chi connectivity index (χ3v) is 5.38. The molecule has 2 heterocycles. The zero-order valence-corrected chi connectivity index (χ0v) is 17.8. The molecule has 0 saturated carbocycles. The van der Waals surface area contributed by atoms with Gasteiger partial charge < -0.3 is 29.0 Å². The average Bonchev–Trinajstić information content (AvgIpc) is 2.82. The van der Waals surface area contributed by atoms with Gasteiger partial charge in [0, 0.05) is 12.5 Å². The van der Waals surface area contributed by atoms with Crippen LogP contribution in [0.1, 0.15) is 24.3 Å². The van der Waals surface area contributed by atoms with E-state index in [9.17, 15) is 4.79 Å². The van der Waals surface area contributed by atoms with E-state index in [1.54, 1.807) is 0 Å². The first-order chi connectivity index (χ1) is 15.7. The Balaban J connectivity index is 1.55. The lowest BCUT2D eigenvalue weighted by Gasteiger charge is -2.49. The molecule has 0 radical (unpaired) electrons. The zero-order chi connectivity index (χ0) is 22.3. The summed E-state index contributed by atoms with van der Waals surface area (Å²) in [5.41, 5.74) is 1.83. The van der Waals surface area contributed by atoms with Crippen molar-refractivity contribution in [2.45, 2.75) is 50.5 Å². The molecule has 0 spiro atoms. The smallest absolute Gasteiger partial charge is 0.217 e. The van der Waals surface area contributed by atoms with Crippen LogP contribution in [0.2, 0.25) is 0 Å². The van der Waals surface area contributed by atoms with Crippen molar-refractivity contribution in [1.82, 2.24) is 5.32 Å². The van der Waals surface area contributed by atoms with E-state index in [1.807, 2.05) is 66.7 Å². The van der Waals surface area contributed by atoms with E-state index in [4.69, 9.17) is 28.9 Å². The third-order valence-electron chi connectivity index (χ3n) is 5.38. The maximum Gasteiger partial charge on any atom is 0.217 e. The molecule has 32 heavy (non-hydrogen) atoms. The van der Waals surface area contributed by atoms with Gasteiger partial charge in [-0.25, -0.2) is 0 Å². The lowest BCUT2D eigenvalue weighted by Crippen LogP contribution is -2.67. The summed E-state index contributed by atoms with van der Waals surface area (Å²) in [6.45, 7) is 1.81. The molecule has 2 aliphatic heterocycles. The fraction of sp³-hybridized carbons (Fsp3) is 0.417. The second-order valence-electron chi connectivity index (χ2n) is 7.68. The lowest BCUT2D eigenvalue weighted by atomic mass is 9.95. The lowest BCUT2D eigenvalue weighted by molar-refractivity contribution is -0.348. The number of benzene rings is 2. The molecule has 2 aromatic carbocycles. The molecule has 2 aromatic rings. The maximum absolute atomic E-state index is 12.0. The van der Waals surface area contributed by atoms with Crippen LogP contribution in [-0.2, 0) is 35.1 Å². The van der Waals surface area contributed by atoms with Crippen molar-refractivity contribution in [3.63, 3.8) is 0 Å². The Labute approximate surface area is 187 Å². The number of carbonyl (C=O) groups excluding carboxylic acids is 1. The van der Waals surface area contributed by atoms with Crippen LogP contribution >= 0.6 is 0 Å². The van der Waals surface area contributed by atoms with E-state index >= 15 is 0 Å². The number of hydrogen-bond acceptors (Lipinski definition) is 7. The number of nitrogens with one attached hydrogen (secondary N) is 1. The van der Waals surface area contributed by atoms with Gasteiger partial charge in [0.15, 0.2) is 12.6 Å². The van der Waals surface area contributed by atoms with Crippen molar-refractivity contribution in [2.75, 3.05) is 13.2 Å². The van der Waals surface area contributed by atoms with Gasteiger partial charge in [0.25, 0.3) is 0 Å². The number of nitrogens with zero attached hydrogens (tertiary/aromatic N) is 1. The van der Waals surface area contributed by atoms with Crippen molar-refractivity contribution in [3.8, 4) is 6.07 Å². The predicted octanol–water partition coefficient (Wildman–Crippen LogP) is 2.46. The summed E-state index contributed by atoms with van der Waals surface area (Å²) in [4.78, 5) is 12.0. The predicted molar refractivity (Wildman–Crippen MR) is 113 cm³/mol. The highest BCUT2D eigenvalue weighted by Crippen LogP contribution is 2.35. The first-order valence-corrected chi connectivity index (χ1v) is 10.5. The quantitative estimate of drug-likeness (QED) is 0.709. The third kappa shape index (κ3) is 5.33. The molecule has 6 atom stereocenters. The zero-order valence-electron chi connectivity index (χ0n) is 17.8. The van der Waals surface area contributed by atoms with Crippen molar-refractivity contribution in [2.24, 2.45) is 0 Å². The minimum atomic E-state index is -0.801. The van der Waals surface area contributed by atoms with Gasteiger partial charge in [-0.3, -0.25) is 4.79 Å². The Bertz CT molecular complexity index is 919. The molecule has 8 heteroatoms. The van der Waals surface area contributed by atoms with E-state index in [1.165, 1.54) is 6.92 Å². The molecule has 1 N–H and O–H groups in total. The van der Waals surface area contributed by atoms with E-state index in [0.29, 0.717) is 0 Å². The van der Waals surface area contributed by atoms with Gasteiger partial charge in [0.2, 0.25) is 5.91 Å². The second-order valence-corrected chi connectivity index (χ2v) is 7.68. The summed E-state index contributed by atoms with van der Waals surface area (Å²) in [6.07, 6.45) is -3.10. The van der Waals surface area contributed by atoms with Crippen molar-refractivity contribution < 1.29 is 28.5 Å². The van der Waals surface area contributed by atoms with Gasteiger partial charge in [0.1, 0.15) is 31.0 Å². The minimum absolute atomic E-state index is 0.157. The molecule has 2 fully saturated rings. The molecule has 8 nitrogen and oxygen atoms in total. The fourth-order valence-corrected chi connectivity index (χ4v) is 3.97. The summed E-state index contributed by atoms with van der Waals surface area (Å²) in [6, 6.07) is 20.5. The highest BCUT2D eigenvalue weighted by atomic mass is 16.7. The second kappa shape index (κ2) is 10.7. The Hall–Kier alpha value is -2.80. The molecular formula is C24H26N2O6. The largest absolute Gasteiger partial charge is 0.358 e. The van der Waals surface area contributed by atoms with Gasteiger partial charge >= 0.3 is 0 Å². The Kier molecular flexibility index (Phi) is 7.47. The fourth-order valence-electron chi connectivity index (χ4n) is 3.97. The highest BCUT2D eigenvalue weighted by Gasteiger charge is 2.51. The number of hydrogen-bond donors (Lipinski definition) is 1. The maximum atomic E-state index is 12.0. The van der Waals surface area contributed by atoms with Crippen molar-refractivity contribution in [3.05, 3.63) is 71.8 Å². The molecule has 0 bridgehead atoms. The van der Waals surface area contributed by atoms with Crippen LogP contribution in [0.15, 0.2) is 60.7 Å². The van der Waals surface area contributed by atoms with Crippen molar-refractivity contribution in [1.29, 1.82) is 5.26 Å². The molecule has 0 unspecified atom stereocenters. The molecular weight excluding hydrogens is 412 g/mol. The molecule has 168 valence electrons. The van der Waals surface area contributed by atoms with E-state index in [2.05, 4.69) is 5.32 Å². The summed E-state index contributed by atoms with van der Waals surface area (Å²) in [5, 5.41) is 12.0. The molecule has 1 amide bonds. The Morgan fingerprint density at radius 2 is 1.81 bits per heavy atom. The summed E-state index contributed by atoms with van der Waals surface area (Å²) in [7, 11) is 0. The topological polar surface area (TPSA) is 99.0 Å². The molecule has 2 saturated heterocycles. The first-order valence-electron chi connectivity index (χ1n) is 10.5. The average molecular weight is 438 g/mol. The number of rotatable bonds is 7. The van der Waals surface area contributed by atoms with Crippen LogP contribution in [0.3, 0.4) is 0 Å². The van der Waals surface area contributed by atoms with E-state index in [-0.39, 0.29) is 25.7 Å². The molecule has 0 aliphatic carbocycles. The van der Waals surface area contributed by atoms with Crippen LogP contribution < -0.4 is 5.32 Å². The van der Waals surface area contributed by atoms with Crippen LogP contribution in [0.4, 0.5) is 0 Å². The Morgan fingerprint density at radius 3 is 2.50 bits per heavy atom. The van der Waals surface area contributed by atoms with Gasteiger partial charge in [-0.1, -0.05) is 60.7 Å². The van der Waals surface area contributed by atoms with Gasteiger partial charge in [-0.15, -0.1) is 0 Å². The number of ether oxygens (including phenoxy) is 5. The van der Waals surface area contributed by atoms with E-state index in [0.717, 1.165) is 11.1 Å². The van der Waals surface area contributed by atoms with E-state index < -0.39 is 36.9 Å². The number of amides is 1. The molecule has 2 aliphatic rings. The van der Waals surface area contributed by atoms with Crippen LogP contribution in [-0.4, -0.2) is 49.8 Å². The normalized spacial score (nSPS) is 29.5. The van der Waals surface area contributed by atoms with Crippen molar-refractivity contribution >= 4 is 5.91 Å². The summed E-state index contributed by atoms with van der Waals surface area (Å²) >= 11 is 0. The molecule has 4 rings (SSSR count). The van der Waals surface area contributed by atoms with Crippen LogP contribution in [0.5, 0.6) is 0 Å². The summed E-state index contributed by atoms with van der Waals surface area (Å²) in [5.74, 6) is -0.261. The highest BCUT2D eigenvalue weighted by molar-refractivity contribution is 5.73. The number of nitriles is 1. The van der Waals surface area contributed by atoms with Gasteiger partial charge in [0.05, 0.1) is 19.3 Å². The monoisotopic (exact) mass is 438 g/mol. The Morgan fingerprint density at radius 1 is 1.09 bits per heavy atom. The molecule has 0 aromatic heterocycles. The SMILES string of the molecule is CC(=O)N[C@@H]1[C@H](OCc2ccccc2)O[C@@H]2CO[C@@H](c3ccccc3)O[C@H]2[C@@H]1OCC#N. The number of fused-ring (bicyclic) bond motifs is 1. The summed E-state index contributed by atoms with van der Waals surface area (Å²) < 4.78 is 30.2. The van der Waals surface area contributed by atoms with Crippen LogP contribution in [0, 0.1) is 11.3 Å². The number of carbonyl (C=O) groups is 1. The van der Waals surface area contributed by atoms with Gasteiger partial charge in [-0.05, 0) is 5.56 Å².